The number of benzene rings is 1. The number of ether oxygens (including phenoxy) is 1. The highest BCUT2D eigenvalue weighted by Crippen LogP contribution is 2.34. The summed E-state index contributed by atoms with van der Waals surface area (Å²) >= 11 is 5.76. The summed E-state index contributed by atoms with van der Waals surface area (Å²) in [5.41, 5.74) is -0.477. The average molecular weight is 269 g/mol. The zero-order valence-electron chi connectivity index (χ0n) is 8.84. The standard InChI is InChI=1S/C11H6ClFN2O3/c12-11-10(2-1-5-14-11)18-9-4-3-7(13)6-8(9)15(16)17/h1-6H. The van der Waals surface area contributed by atoms with E-state index in [4.69, 9.17) is 16.3 Å². The Morgan fingerprint density at radius 2 is 2.11 bits per heavy atom. The molecular formula is C11H6ClFN2O3. The lowest BCUT2D eigenvalue weighted by Gasteiger charge is -2.06. The molecule has 0 atom stereocenters. The van der Waals surface area contributed by atoms with Crippen molar-refractivity contribution in [2.45, 2.75) is 0 Å². The summed E-state index contributed by atoms with van der Waals surface area (Å²) in [6, 6.07) is 6.07. The minimum Gasteiger partial charge on any atom is -0.447 e. The van der Waals surface area contributed by atoms with Crippen molar-refractivity contribution in [1.29, 1.82) is 0 Å². The molecule has 0 aliphatic rings. The van der Waals surface area contributed by atoms with Gasteiger partial charge >= 0.3 is 5.69 Å². The van der Waals surface area contributed by atoms with Crippen molar-refractivity contribution in [1.82, 2.24) is 4.98 Å². The number of hydrogen-bond donors (Lipinski definition) is 0. The first-order valence-corrected chi connectivity index (χ1v) is 5.18. The normalized spacial score (nSPS) is 10.1. The van der Waals surface area contributed by atoms with E-state index in [9.17, 15) is 14.5 Å². The molecule has 92 valence electrons. The van der Waals surface area contributed by atoms with Gasteiger partial charge in [-0.15, -0.1) is 0 Å². The van der Waals surface area contributed by atoms with Crippen molar-refractivity contribution in [2.75, 3.05) is 0 Å². The highest BCUT2D eigenvalue weighted by Gasteiger charge is 2.17. The van der Waals surface area contributed by atoms with Crippen LogP contribution in [0.2, 0.25) is 5.15 Å². The second kappa shape index (κ2) is 4.97. The molecule has 18 heavy (non-hydrogen) atoms. The summed E-state index contributed by atoms with van der Waals surface area (Å²) in [7, 11) is 0. The molecule has 0 aliphatic carbocycles. The van der Waals surface area contributed by atoms with E-state index in [2.05, 4.69) is 4.98 Å². The second-order valence-electron chi connectivity index (χ2n) is 3.26. The van der Waals surface area contributed by atoms with Crippen LogP contribution < -0.4 is 4.74 Å². The van der Waals surface area contributed by atoms with Crippen LogP contribution >= 0.6 is 11.6 Å². The first-order chi connectivity index (χ1) is 8.58. The molecule has 0 saturated carbocycles. The van der Waals surface area contributed by atoms with Gasteiger partial charge in [-0.1, -0.05) is 11.6 Å². The highest BCUT2D eigenvalue weighted by molar-refractivity contribution is 6.30. The fourth-order valence-corrected chi connectivity index (χ4v) is 1.44. The Hall–Kier alpha value is -2.21. The van der Waals surface area contributed by atoms with E-state index in [-0.39, 0.29) is 16.7 Å². The molecule has 7 heteroatoms. The van der Waals surface area contributed by atoms with Gasteiger partial charge in [0.15, 0.2) is 10.9 Å². The smallest absolute Gasteiger partial charge is 0.314 e. The summed E-state index contributed by atoms with van der Waals surface area (Å²) < 4.78 is 18.2. The highest BCUT2D eigenvalue weighted by atomic mass is 35.5. The van der Waals surface area contributed by atoms with Gasteiger partial charge in [-0.05, 0) is 24.3 Å². The third-order valence-corrected chi connectivity index (χ3v) is 2.35. The fraction of sp³-hybridized carbons (Fsp3) is 0. The molecule has 0 spiro atoms. The van der Waals surface area contributed by atoms with Gasteiger partial charge in [0.05, 0.1) is 11.0 Å². The number of pyridine rings is 1. The third kappa shape index (κ3) is 2.54. The molecule has 0 bridgehead atoms. The van der Waals surface area contributed by atoms with Crippen LogP contribution in [0, 0.1) is 15.9 Å². The van der Waals surface area contributed by atoms with E-state index in [1.54, 1.807) is 6.07 Å². The minimum absolute atomic E-state index is 0.0659. The average Bonchev–Trinajstić information content (AvgIpc) is 2.34. The van der Waals surface area contributed by atoms with E-state index in [1.165, 1.54) is 12.3 Å². The molecule has 0 fully saturated rings. The molecule has 2 rings (SSSR count). The number of rotatable bonds is 3. The topological polar surface area (TPSA) is 65.3 Å². The Labute approximate surface area is 106 Å². The summed E-state index contributed by atoms with van der Waals surface area (Å²) in [6.45, 7) is 0. The molecule has 0 N–H and O–H groups in total. The summed E-state index contributed by atoms with van der Waals surface area (Å²) in [4.78, 5) is 13.8. The number of nitrogens with zero attached hydrogens (tertiary/aromatic N) is 2. The van der Waals surface area contributed by atoms with E-state index >= 15 is 0 Å². The van der Waals surface area contributed by atoms with E-state index in [0.29, 0.717) is 0 Å². The van der Waals surface area contributed by atoms with Gasteiger partial charge in [0.1, 0.15) is 5.82 Å². The van der Waals surface area contributed by atoms with Crippen molar-refractivity contribution in [3.05, 3.63) is 57.6 Å². The van der Waals surface area contributed by atoms with E-state index in [1.807, 2.05) is 0 Å². The Kier molecular flexibility index (Phi) is 3.38. The van der Waals surface area contributed by atoms with Crippen LogP contribution in [-0.4, -0.2) is 9.91 Å². The number of nitro groups is 1. The maximum Gasteiger partial charge on any atom is 0.314 e. The molecule has 1 aromatic heterocycles. The molecule has 0 saturated heterocycles. The quantitative estimate of drug-likeness (QED) is 0.485. The van der Waals surface area contributed by atoms with Crippen LogP contribution in [0.25, 0.3) is 0 Å². The number of halogens is 2. The molecule has 0 amide bonds. The van der Waals surface area contributed by atoms with Gasteiger partial charge < -0.3 is 4.74 Å². The second-order valence-corrected chi connectivity index (χ2v) is 3.62. The lowest BCUT2D eigenvalue weighted by Crippen LogP contribution is -1.95. The lowest BCUT2D eigenvalue weighted by molar-refractivity contribution is -0.385. The Morgan fingerprint density at radius 1 is 1.33 bits per heavy atom. The molecule has 2 aromatic rings. The van der Waals surface area contributed by atoms with Crippen LogP contribution in [0.1, 0.15) is 0 Å². The lowest BCUT2D eigenvalue weighted by atomic mass is 10.3. The fourth-order valence-electron chi connectivity index (χ4n) is 1.29. The van der Waals surface area contributed by atoms with Crippen molar-refractivity contribution in [3.63, 3.8) is 0 Å². The largest absolute Gasteiger partial charge is 0.447 e. The predicted octanol–water partition coefficient (Wildman–Crippen LogP) is 3.57. The van der Waals surface area contributed by atoms with Crippen LogP contribution in [0.3, 0.4) is 0 Å². The van der Waals surface area contributed by atoms with Crippen molar-refractivity contribution in [2.24, 2.45) is 0 Å². The maximum atomic E-state index is 12.9. The molecular weight excluding hydrogens is 263 g/mol. The van der Waals surface area contributed by atoms with Gasteiger partial charge in [-0.25, -0.2) is 9.37 Å². The van der Waals surface area contributed by atoms with Crippen LogP contribution in [0.5, 0.6) is 11.5 Å². The first kappa shape index (κ1) is 12.3. The Morgan fingerprint density at radius 3 is 2.78 bits per heavy atom. The number of nitro benzene ring substituents is 1. The maximum absolute atomic E-state index is 12.9. The van der Waals surface area contributed by atoms with Gasteiger partial charge in [0.2, 0.25) is 5.75 Å². The summed E-state index contributed by atoms with van der Waals surface area (Å²) in [6.07, 6.45) is 1.45. The SMILES string of the molecule is O=[N+]([O-])c1cc(F)ccc1Oc1cccnc1Cl. The van der Waals surface area contributed by atoms with Crippen molar-refractivity contribution in [3.8, 4) is 11.5 Å². The zero-order valence-corrected chi connectivity index (χ0v) is 9.60. The van der Waals surface area contributed by atoms with Crippen LogP contribution in [-0.2, 0) is 0 Å². The van der Waals surface area contributed by atoms with Gasteiger partial charge in [-0.3, -0.25) is 10.1 Å². The van der Waals surface area contributed by atoms with E-state index in [0.717, 1.165) is 18.2 Å². The van der Waals surface area contributed by atoms with Crippen LogP contribution in [0.15, 0.2) is 36.5 Å². The number of hydrogen-bond acceptors (Lipinski definition) is 4. The third-order valence-electron chi connectivity index (χ3n) is 2.06. The van der Waals surface area contributed by atoms with Gasteiger partial charge in [0, 0.05) is 6.20 Å². The molecule has 5 nitrogen and oxygen atoms in total. The number of aromatic nitrogens is 1. The molecule has 0 aliphatic heterocycles. The Bertz CT molecular complexity index is 607. The first-order valence-electron chi connectivity index (χ1n) is 4.80. The van der Waals surface area contributed by atoms with Gasteiger partial charge in [-0.2, -0.15) is 0 Å². The van der Waals surface area contributed by atoms with Crippen molar-refractivity contribution < 1.29 is 14.1 Å². The molecule has 0 radical (unpaired) electrons. The molecule has 1 heterocycles. The monoisotopic (exact) mass is 268 g/mol. The van der Waals surface area contributed by atoms with Crippen LogP contribution in [0.4, 0.5) is 10.1 Å². The molecule has 1 aromatic carbocycles. The predicted molar refractivity (Wildman–Crippen MR) is 62.4 cm³/mol. The zero-order chi connectivity index (χ0) is 13.1. The summed E-state index contributed by atoms with van der Waals surface area (Å²) in [5.74, 6) is -0.656. The Balaban J connectivity index is 2.41. The molecule has 0 unspecified atom stereocenters. The summed E-state index contributed by atoms with van der Waals surface area (Å²) in [5, 5.41) is 10.8. The minimum atomic E-state index is -0.733. The van der Waals surface area contributed by atoms with Crippen molar-refractivity contribution >= 4 is 17.3 Å². The van der Waals surface area contributed by atoms with E-state index < -0.39 is 16.4 Å². The van der Waals surface area contributed by atoms with Gasteiger partial charge in [0.25, 0.3) is 0 Å².